The van der Waals surface area contributed by atoms with Crippen LogP contribution in [0.4, 0.5) is 19.0 Å². The topological polar surface area (TPSA) is 76.2 Å². The molecule has 0 bridgehead atoms. The van der Waals surface area contributed by atoms with Gasteiger partial charge in [0, 0.05) is 12.6 Å². The van der Waals surface area contributed by atoms with Crippen LogP contribution in [-0.2, 0) is 17.5 Å². The van der Waals surface area contributed by atoms with Crippen LogP contribution in [0.5, 0.6) is 0 Å². The van der Waals surface area contributed by atoms with Gasteiger partial charge in [-0.05, 0) is 50.9 Å². The molecule has 0 spiro atoms. The fourth-order valence-electron chi connectivity index (χ4n) is 3.87. The number of amides is 1. The van der Waals surface area contributed by atoms with Gasteiger partial charge in [0.05, 0.1) is 17.6 Å². The van der Waals surface area contributed by atoms with Gasteiger partial charge in [0.2, 0.25) is 11.7 Å². The van der Waals surface area contributed by atoms with Crippen molar-refractivity contribution in [3.63, 3.8) is 0 Å². The minimum Gasteiger partial charge on any atom is -0.360 e. The third kappa shape index (κ3) is 4.48. The lowest BCUT2D eigenvalue weighted by Gasteiger charge is -2.32. The van der Waals surface area contributed by atoms with Crippen LogP contribution >= 0.6 is 0 Å². The van der Waals surface area contributed by atoms with Crippen LogP contribution in [0.15, 0.2) is 34.9 Å². The highest BCUT2D eigenvalue weighted by Crippen LogP contribution is 2.33. The zero-order valence-electron chi connectivity index (χ0n) is 16.4. The normalized spacial score (nSPS) is 16.3. The second kappa shape index (κ2) is 8.10. The number of para-hydroxylation sites is 2. The second-order valence-electron chi connectivity index (χ2n) is 7.62. The lowest BCUT2D eigenvalue weighted by Crippen LogP contribution is -2.40. The SMILES string of the molecule is Cc1cc(NC(=O)CN2CCC(Cn3c(C(F)(F)F)nc4ccccc43)CC2)no1. The predicted molar refractivity (Wildman–Crippen MR) is 104 cm³/mol. The largest absolute Gasteiger partial charge is 0.449 e. The van der Waals surface area contributed by atoms with Crippen molar-refractivity contribution < 1.29 is 22.5 Å². The van der Waals surface area contributed by atoms with E-state index in [4.69, 9.17) is 4.52 Å². The number of aryl methyl sites for hydroxylation is 1. The zero-order valence-corrected chi connectivity index (χ0v) is 16.4. The minimum absolute atomic E-state index is 0.0845. The second-order valence-corrected chi connectivity index (χ2v) is 7.62. The number of nitrogens with one attached hydrogen (secondary N) is 1. The van der Waals surface area contributed by atoms with Crippen molar-refractivity contribution in [1.82, 2.24) is 19.6 Å². The first-order valence-electron chi connectivity index (χ1n) is 9.77. The zero-order chi connectivity index (χ0) is 21.3. The number of nitrogens with zero attached hydrogens (tertiary/aromatic N) is 4. The molecular weight excluding hydrogens is 399 g/mol. The number of likely N-dealkylation sites (tertiary alicyclic amines) is 1. The van der Waals surface area contributed by atoms with Crippen LogP contribution in [0.2, 0.25) is 0 Å². The van der Waals surface area contributed by atoms with Gasteiger partial charge >= 0.3 is 6.18 Å². The van der Waals surface area contributed by atoms with Gasteiger partial charge in [0.15, 0.2) is 5.82 Å². The van der Waals surface area contributed by atoms with Crippen molar-refractivity contribution in [2.75, 3.05) is 25.0 Å². The third-order valence-corrected chi connectivity index (χ3v) is 5.32. The number of alkyl halides is 3. The number of piperidine rings is 1. The fourth-order valence-corrected chi connectivity index (χ4v) is 3.87. The molecule has 1 aliphatic rings. The summed E-state index contributed by atoms with van der Waals surface area (Å²) >= 11 is 0. The molecule has 3 heterocycles. The Bertz CT molecular complexity index is 1030. The molecule has 2 aromatic heterocycles. The van der Waals surface area contributed by atoms with E-state index in [1.54, 1.807) is 37.3 Å². The number of hydrogen-bond acceptors (Lipinski definition) is 5. The Kier molecular flexibility index (Phi) is 5.50. The smallest absolute Gasteiger partial charge is 0.360 e. The summed E-state index contributed by atoms with van der Waals surface area (Å²) in [6, 6.07) is 8.31. The van der Waals surface area contributed by atoms with Gasteiger partial charge in [-0.2, -0.15) is 13.2 Å². The molecule has 1 aromatic carbocycles. The molecule has 30 heavy (non-hydrogen) atoms. The quantitative estimate of drug-likeness (QED) is 0.680. The summed E-state index contributed by atoms with van der Waals surface area (Å²) in [5, 5.41) is 6.41. The summed E-state index contributed by atoms with van der Waals surface area (Å²) in [5.74, 6) is 0.0201. The molecule has 1 fully saturated rings. The number of carbonyl (C=O) groups is 1. The molecule has 0 unspecified atom stereocenters. The maximum absolute atomic E-state index is 13.5. The van der Waals surface area contributed by atoms with Gasteiger partial charge < -0.3 is 14.4 Å². The maximum atomic E-state index is 13.5. The van der Waals surface area contributed by atoms with Gasteiger partial charge in [-0.25, -0.2) is 4.98 Å². The van der Waals surface area contributed by atoms with Crippen molar-refractivity contribution >= 4 is 22.8 Å². The molecule has 0 radical (unpaired) electrons. The third-order valence-electron chi connectivity index (χ3n) is 5.32. The lowest BCUT2D eigenvalue weighted by atomic mass is 9.96. The summed E-state index contributed by atoms with van der Waals surface area (Å²) in [6.45, 7) is 3.49. The number of anilines is 1. The van der Waals surface area contributed by atoms with Gasteiger partial charge in [-0.15, -0.1) is 0 Å². The summed E-state index contributed by atoms with van der Waals surface area (Å²) < 4.78 is 46.6. The summed E-state index contributed by atoms with van der Waals surface area (Å²) in [7, 11) is 0. The van der Waals surface area contributed by atoms with E-state index in [1.807, 2.05) is 4.90 Å². The van der Waals surface area contributed by atoms with Crippen LogP contribution in [0.1, 0.15) is 24.4 Å². The Morgan fingerprint density at radius 3 is 2.67 bits per heavy atom. The lowest BCUT2D eigenvalue weighted by molar-refractivity contribution is -0.147. The Balaban J connectivity index is 1.37. The predicted octanol–water partition coefficient (Wildman–Crippen LogP) is 3.70. The molecule has 3 aromatic rings. The summed E-state index contributed by atoms with van der Waals surface area (Å²) in [6.07, 6.45) is -3.09. The molecule has 0 saturated carbocycles. The number of benzene rings is 1. The maximum Gasteiger partial charge on any atom is 0.449 e. The highest BCUT2D eigenvalue weighted by atomic mass is 19.4. The molecule has 0 aliphatic carbocycles. The van der Waals surface area contributed by atoms with Crippen LogP contribution in [-0.4, -0.2) is 45.1 Å². The van der Waals surface area contributed by atoms with Gasteiger partial charge in [0.1, 0.15) is 5.76 Å². The number of fused-ring (bicyclic) bond motifs is 1. The number of hydrogen-bond donors (Lipinski definition) is 1. The van der Waals surface area contributed by atoms with Crippen molar-refractivity contribution in [3.05, 3.63) is 41.9 Å². The molecule has 1 saturated heterocycles. The van der Waals surface area contributed by atoms with E-state index >= 15 is 0 Å². The number of imidazole rings is 1. The molecule has 1 amide bonds. The number of rotatable bonds is 5. The van der Waals surface area contributed by atoms with Crippen LogP contribution in [0.25, 0.3) is 11.0 Å². The Labute approximate surface area is 170 Å². The van der Waals surface area contributed by atoms with Gasteiger partial charge in [0.25, 0.3) is 0 Å². The minimum atomic E-state index is -4.50. The van der Waals surface area contributed by atoms with Crippen molar-refractivity contribution in [1.29, 1.82) is 0 Å². The van der Waals surface area contributed by atoms with Crippen molar-refractivity contribution in [2.45, 2.75) is 32.5 Å². The molecule has 10 heteroatoms. The van der Waals surface area contributed by atoms with Crippen molar-refractivity contribution in [2.24, 2.45) is 5.92 Å². The van der Waals surface area contributed by atoms with E-state index in [9.17, 15) is 18.0 Å². The van der Waals surface area contributed by atoms with Crippen LogP contribution in [0.3, 0.4) is 0 Å². The first-order chi connectivity index (χ1) is 14.3. The van der Waals surface area contributed by atoms with E-state index in [-0.39, 0.29) is 24.9 Å². The van der Waals surface area contributed by atoms with Crippen LogP contribution in [0, 0.1) is 12.8 Å². The van der Waals surface area contributed by atoms with Gasteiger partial charge in [-0.3, -0.25) is 9.69 Å². The van der Waals surface area contributed by atoms with E-state index in [0.717, 1.165) is 0 Å². The van der Waals surface area contributed by atoms with E-state index in [2.05, 4.69) is 15.5 Å². The molecule has 1 aliphatic heterocycles. The molecule has 1 N–H and O–H groups in total. The Hall–Kier alpha value is -2.88. The highest BCUT2D eigenvalue weighted by molar-refractivity contribution is 5.91. The fraction of sp³-hybridized carbons (Fsp3) is 0.450. The van der Waals surface area contributed by atoms with Crippen LogP contribution < -0.4 is 5.32 Å². The standard InChI is InChI=1S/C20H22F3N5O2/c1-13-10-17(26-30-13)25-18(29)12-27-8-6-14(7-9-27)11-28-16-5-3-2-4-15(16)24-19(28)20(21,22)23/h2-5,10,14H,6-9,11-12H2,1H3,(H,25,26,29). The Morgan fingerprint density at radius 1 is 1.27 bits per heavy atom. The highest BCUT2D eigenvalue weighted by Gasteiger charge is 2.38. The molecule has 7 nitrogen and oxygen atoms in total. The number of carbonyl (C=O) groups excluding carboxylic acids is 1. The van der Waals surface area contributed by atoms with E-state index in [0.29, 0.717) is 48.5 Å². The number of aromatic nitrogens is 3. The van der Waals surface area contributed by atoms with Crippen molar-refractivity contribution in [3.8, 4) is 0 Å². The summed E-state index contributed by atoms with van der Waals surface area (Å²) in [5.41, 5.74) is 0.844. The first kappa shape index (κ1) is 20.4. The average molecular weight is 421 g/mol. The summed E-state index contributed by atoms with van der Waals surface area (Å²) in [4.78, 5) is 18.0. The van der Waals surface area contributed by atoms with Gasteiger partial charge in [-0.1, -0.05) is 17.3 Å². The van der Waals surface area contributed by atoms with E-state index in [1.165, 1.54) is 4.57 Å². The molecule has 0 atom stereocenters. The number of halogens is 3. The monoisotopic (exact) mass is 421 g/mol. The Morgan fingerprint density at radius 2 is 2.00 bits per heavy atom. The van der Waals surface area contributed by atoms with E-state index < -0.39 is 12.0 Å². The average Bonchev–Trinajstić information content (AvgIpc) is 3.27. The molecule has 4 rings (SSSR count). The molecule has 160 valence electrons. The first-order valence-corrected chi connectivity index (χ1v) is 9.77. The molecular formula is C20H22F3N5O2.